The molecule has 6 nitrogen and oxygen atoms in total. The highest BCUT2D eigenvalue weighted by atomic mass is 32.1. The van der Waals surface area contributed by atoms with Gasteiger partial charge in [0.1, 0.15) is 17.7 Å². The fraction of sp³-hybridized carbons (Fsp3) is 0.240. The Hall–Kier alpha value is -3.59. The van der Waals surface area contributed by atoms with Gasteiger partial charge in [0.05, 0.1) is 10.7 Å². The van der Waals surface area contributed by atoms with E-state index >= 15 is 0 Å². The van der Waals surface area contributed by atoms with Crippen LogP contribution >= 0.6 is 11.3 Å². The molecule has 0 aliphatic heterocycles. The van der Waals surface area contributed by atoms with Gasteiger partial charge in [-0.05, 0) is 67.3 Å². The van der Waals surface area contributed by atoms with E-state index in [1.807, 2.05) is 0 Å². The quantitative estimate of drug-likeness (QED) is 0.189. The largest absolute Gasteiger partial charge is 0.480 e. The topological polar surface area (TPSA) is 102 Å². The number of carbonyl (C=O) groups excluding carboxylic acids is 1. The fourth-order valence-corrected chi connectivity index (χ4v) is 4.60. The lowest BCUT2D eigenvalue weighted by molar-refractivity contribution is -0.139. The molecule has 0 aliphatic rings. The van der Waals surface area contributed by atoms with Gasteiger partial charge in [-0.1, -0.05) is 24.3 Å². The summed E-state index contributed by atoms with van der Waals surface area (Å²) in [7, 11) is 0. The molecule has 0 radical (unpaired) electrons. The van der Waals surface area contributed by atoms with Gasteiger partial charge in [-0.3, -0.25) is 10.2 Å². The SMILES string of the molecule is CC(=N)NCCC[C@H](NC(=O)c1ccc(C(c2ccc(F)cc2)c2ccc(F)cc2)s1)C(=O)O. The molecule has 0 bridgehead atoms. The van der Waals surface area contributed by atoms with E-state index in [0.29, 0.717) is 23.7 Å². The van der Waals surface area contributed by atoms with E-state index in [1.54, 1.807) is 43.3 Å². The third-order valence-corrected chi connectivity index (χ3v) is 6.35. The molecule has 178 valence electrons. The minimum atomic E-state index is -1.13. The van der Waals surface area contributed by atoms with Gasteiger partial charge in [-0.25, -0.2) is 13.6 Å². The summed E-state index contributed by atoms with van der Waals surface area (Å²) in [5, 5.41) is 22.2. The van der Waals surface area contributed by atoms with Gasteiger partial charge in [0.15, 0.2) is 0 Å². The minimum Gasteiger partial charge on any atom is -0.480 e. The Kier molecular flexibility index (Phi) is 8.48. The van der Waals surface area contributed by atoms with Gasteiger partial charge < -0.3 is 15.7 Å². The average molecular weight is 486 g/mol. The van der Waals surface area contributed by atoms with Crippen molar-refractivity contribution in [2.75, 3.05) is 6.54 Å². The number of amides is 1. The maximum atomic E-state index is 13.5. The standard InChI is InChI=1S/C25H25F2N3O3S/c1-15(28)29-14-2-3-20(25(32)33)30-24(31)22-13-12-21(34-22)23(16-4-8-18(26)9-5-16)17-6-10-19(27)11-7-17/h4-13,20,23H,2-3,14H2,1H3,(H2,28,29)(H,30,31)(H,32,33)/t20-/m0/s1. The number of aliphatic carboxylic acids is 1. The van der Waals surface area contributed by atoms with Gasteiger partial charge in [-0.15, -0.1) is 11.3 Å². The van der Waals surface area contributed by atoms with E-state index in [-0.39, 0.29) is 24.0 Å². The van der Waals surface area contributed by atoms with Crippen molar-refractivity contribution in [1.82, 2.24) is 10.6 Å². The van der Waals surface area contributed by atoms with Crippen molar-refractivity contribution in [3.8, 4) is 0 Å². The summed E-state index contributed by atoms with van der Waals surface area (Å²) in [6, 6.07) is 14.3. The van der Waals surface area contributed by atoms with Crippen LogP contribution in [0.4, 0.5) is 8.78 Å². The van der Waals surface area contributed by atoms with Crippen LogP contribution in [0, 0.1) is 17.0 Å². The zero-order valence-electron chi connectivity index (χ0n) is 18.5. The summed E-state index contributed by atoms with van der Waals surface area (Å²) in [5.74, 6) is -2.45. The highest BCUT2D eigenvalue weighted by Gasteiger charge is 2.24. The second-order valence-electron chi connectivity index (χ2n) is 7.80. The number of benzene rings is 2. The molecule has 0 fully saturated rings. The van der Waals surface area contributed by atoms with E-state index in [4.69, 9.17) is 5.41 Å². The van der Waals surface area contributed by atoms with Crippen LogP contribution in [-0.2, 0) is 4.79 Å². The normalized spacial score (nSPS) is 11.8. The lowest BCUT2D eigenvalue weighted by atomic mass is 9.90. The molecule has 9 heteroatoms. The molecule has 1 atom stereocenters. The second-order valence-corrected chi connectivity index (χ2v) is 8.91. The number of carboxylic acid groups (broad SMARTS) is 1. The first kappa shape index (κ1) is 25.0. The molecule has 2 aromatic carbocycles. The Balaban J connectivity index is 1.80. The van der Waals surface area contributed by atoms with Crippen molar-refractivity contribution in [3.05, 3.63) is 93.2 Å². The zero-order valence-corrected chi connectivity index (χ0v) is 19.3. The molecule has 3 aromatic rings. The summed E-state index contributed by atoms with van der Waals surface area (Å²) < 4.78 is 27.0. The maximum Gasteiger partial charge on any atom is 0.326 e. The highest BCUT2D eigenvalue weighted by Crippen LogP contribution is 2.36. The number of rotatable bonds is 10. The molecule has 1 amide bonds. The van der Waals surface area contributed by atoms with Gasteiger partial charge in [0.2, 0.25) is 0 Å². The van der Waals surface area contributed by atoms with E-state index < -0.39 is 17.9 Å². The van der Waals surface area contributed by atoms with Crippen molar-refractivity contribution < 1.29 is 23.5 Å². The fourth-order valence-electron chi connectivity index (χ4n) is 3.53. The van der Waals surface area contributed by atoms with Gasteiger partial charge in [-0.2, -0.15) is 0 Å². The molecular formula is C25H25F2N3O3S. The van der Waals surface area contributed by atoms with Gasteiger partial charge >= 0.3 is 5.97 Å². The molecule has 0 saturated carbocycles. The number of nitrogens with one attached hydrogen (secondary N) is 3. The smallest absolute Gasteiger partial charge is 0.326 e. The second kappa shape index (κ2) is 11.5. The first-order valence-corrected chi connectivity index (χ1v) is 11.5. The first-order valence-electron chi connectivity index (χ1n) is 10.7. The van der Waals surface area contributed by atoms with Crippen LogP contribution in [0.3, 0.4) is 0 Å². The lowest BCUT2D eigenvalue weighted by Gasteiger charge is -2.17. The molecule has 1 aromatic heterocycles. The summed E-state index contributed by atoms with van der Waals surface area (Å²) in [6.45, 7) is 2.03. The van der Waals surface area contributed by atoms with Crippen LogP contribution in [0.15, 0.2) is 60.7 Å². The third-order valence-electron chi connectivity index (χ3n) is 5.20. The Bertz CT molecular complexity index is 1100. The van der Waals surface area contributed by atoms with Crippen molar-refractivity contribution in [3.63, 3.8) is 0 Å². The summed E-state index contributed by atoms with van der Waals surface area (Å²) in [5.41, 5.74) is 1.55. The zero-order chi connectivity index (χ0) is 24.7. The van der Waals surface area contributed by atoms with Crippen LogP contribution in [0.5, 0.6) is 0 Å². The molecule has 4 N–H and O–H groups in total. The molecule has 0 spiro atoms. The van der Waals surface area contributed by atoms with Crippen LogP contribution < -0.4 is 10.6 Å². The molecule has 1 heterocycles. The Morgan fingerprint density at radius 2 is 1.53 bits per heavy atom. The van der Waals surface area contributed by atoms with Crippen molar-refractivity contribution in [1.29, 1.82) is 5.41 Å². The molecule has 0 saturated heterocycles. The van der Waals surface area contributed by atoms with Crippen LogP contribution in [0.25, 0.3) is 0 Å². The first-order chi connectivity index (χ1) is 16.2. The third kappa shape index (κ3) is 6.71. The predicted molar refractivity (Wildman–Crippen MR) is 128 cm³/mol. The Morgan fingerprint density at radius 1 is 0.971 bits per heavy atom. The van der Waals surface area contributed by atoms with Crippen LogP contribution in [0.1, 0.15) is 51.4 Å². The number of thiophene rings is 1. The van der Waals surface area contributed by atoms with E-state index in [0.717, 1.165) is 16.0 Å². The molecule has 3 rings (SSSR count). The van der Waals surface area contributed by atoms with Crippen LogP contribution in [-0.4, -0.2) is 35.4 Å². The van der Waals surface area contributed by atoms with E-state index in [9.17, 15) is 23.5 Å². The van der Waals surface area contributed by atoms with Crippen LogP contribution in [0.2, 0.25) is 0 Å². The van der Waals surface area contributed by atoms with Crippen molar-refractivity contribution in [2.45, 2.75) is 31.7 Å². The van der Waals surface area contributed by atoms with E-state index in [1.165, 1.54) is 35.6 Å². The summed E-state index contributed by atoms with van der Waals surface area (Å²) in [4.78, 5) is 25.5. The monoisotopic (exact) mass is 485 g/mol. The number of carbonyl (C=O) groups is 2. The number of halogens is 2. The molecule has 0 unspecified atom stereocenters. The number of carboxylic acids is 1. The minimum absolute atomic E-state index is 0.216. The highest BCUT2D eigenvalue weighted by molar-refractivity contribution is 7.14. The predicted octanol–water partition coefficient (Wildman–Crippen LogP) is 4.76. The molecule has 0 aliphatic carbocycles. The number of hydrogen-bond acceptors (Lipinski definition) is 4. The van der Waals surface area contributed by atoms with Gasteiger partial charge in [0.25, 0.3) is 5.91 Å². The number of amidine groups is 1. The van der Waals surface area contributed by atoms with Crippen molar-refractivity contribution >= 4 is 29.0 Å². The van der Waals surface area contributed by atoms with E-state index in [2.05, 4.69) is 10.6 Å². The van der Waals surface area contributed by atoms with Gasteiger partial charge in [0, 0.05) is 17.3 Å². The molecular weight excluding hydrogens is 460 g/mol. The maximum absolute atomic E-state index is 13.5. The summed E-state index contributed by atoms with van der Waals surface area (Å²) >= 11 is 1.20. The Morgan fingerprint density at radius 3 is 2.03 bits per heavy atom. The number of hydrogen-bond donors (Lipinski definition) is 4. The lowest BCUT2D eigenvalue weighted by Crippen LogP contribution is -2.41. The summed E-state index contributed by atoms with van der Waals surface area (Å²) in [6.07, 6.45) is 0.688. The Labute approximate surface area is 200 Å². The molecule has 34 heavy (non-hydrogen) atoms. The average Bonchev–Trinajstić information content (AvgIpc) is 3.28. The van der Waals surface area contributed by atoms with Crippen molar-refractivity contribution in [2.24, 2.45) is 0 Å².